The molecule has 0 aromatic rings. The lowest BCUT2D eigenvalue weighted by atomic mass is 9.91. The van der Waals surface area contributed by atoms with Crippen molar-refractivity contribution in [1.29, 1.82) is 0 Å². The highest BCUT2D eigenvalue weighted by Crippen LogP contribution is 2.19. The molecule has 0 aromatic heterocycles. The third kappa shape index (κ3) is 4.40. The molecule has 0 amide bonds. The molecule has 0 aromatic carbocycles. The monoisotopic (exact) mass is 228 g/mol. The van der Waals surface area contributed by atoms with Crippen molar-refractivity contribution in [2.75, 3.05) is 26.2 Å². The first-order valence-electron chi connectivity index (χ1n) is 6.81. The molecule has 1 aliphatic rings. The molecule has 0 bridgehead atoms. The van der Waals surface area contributed by atoms with Crippen LogP contribution in [0.3, 0.4) is 0 Å². The Kier molecular flexibility index (Phi) is 6.32. The Morgan fingerprint density at radius 3 is 2.81 bits per heavy atom. The van der Waals surface area contributed by atoms with Gasteiger partial charge in [-0.15, -0.1) is 0 Å². The number of piperidine rings is 1. The minimum absolute atomic E-state index is 0.187. The van der Waals surface area contributed by atoms with Crippen molar-refractivity contribution < 1.29 is 5.11 Å². The maximum absolute atomic E-state index is 9.53. The number of hydrogen-bond acceptors (Lipinski definition) is 3. The van der Waals surface area contributed by atoms with Crippen molar-refractivity contribution in [3.05, 3.63) is 0 Å². The molecule has 96 valence electrons. The second kappa shape index (κ2) is 7.25. The Morgan fingerprint density at radius 2 is 2.19 bits per heavy atom. The average Bonchev–Trinajstić information content (AvgIpc) is 2.35. The maximum atomic E-state index is 9.53. The van der Waals surface area contributed by atoms with Gasteiger partial charge in [0.2, 0.25) is 0 Å². The number of aliphatic hydroxyl groups excluding tert-OH is 1. The van der Waals surface area contributed by atoms with E-state index < -0.39 is 0 Å². The predicted octanol–water partition coefficient (Wildman–Crippen LogP) is 1.47. The first-order chi connectivity index (χ1) is 7.67. The molecule has 1 rings (SSSR count). The van der Waals surface area contributed by atoms with Crippen molar-refractivity contribution in [2.45, 2.75) is 52.2 Å². The van der Waals surface area contributed by atoms with E-state index >= 15 is 0 Å². The van der Waals surface area contributed by atoms with Gasteiger partial charge in [-0.25, -0.2) is 0 Å². The summed E-state index contributed by atoms with van der Waals surface area (Å²) >= 11 is 0. The number of rotatable bonds is 6. The zero-order valence-corrected chi connectivity index (χ0v) is 11.1. The molecule has 0 saturated carbocycles. The number of hydrogen-bond donors (Lipinski definition) is 2. The van der Waals surface area contributed by atoms with Gasteiger partial charge in [-0.1, -0.05) is 13.8 Å². The van der Waals surface area contributed by atoms with E-state index in [9.17, 15) is 5.11 Å². The Labute approximate surface area is 100 Å². The normalized spacial score (nSPS) is 26.6. The first-order valence-corrected chi connectivity index (χ1v) is 6.81. The quantitative estimate of drug-likeness (QED) is 0.722. The molecular weight excluding hydrogens is 200 g/mol. The van der Waals surface area contributed by atoms with Crippen molar-refractivity contribution in [2.24, 2.45) is 5.92 Å². The lowest BCUT2D eigenvalue weighted by Crippen LogP contribution is -2.46. The van der Waals surface area contributed by atoms with Crippen LogP contribution in [0.2, 0.25) is 0 Å². The molecule has 0 spiro atoms. The summed E-state index contributed by atoms with van der Waals surface area (Å²) in [6.07, 6.45) is 3.30. The van der Waals surface area contributed by atoms with E-state index in [-0.39, 0.29) is 6.10 Å². The van der Waals surface area contributed by atoms with Gasteiger partial charge in [-0.3, -0.25) is 0 Å². The molecule has 1 fully saturated rings. The Hall–Kier alpha value is -0.120. The SMILES string of the molecule is CCC(O)CNC(C)C1CCCN(CC)C1. The summed E-state index contributed by atoms with van der Waals surface area (Å²) in [6, 6.07) is 0.524. The van der Waals surface area contributed by atoms with E-state index in [4.69, 9.17) is 0 Å². The standard InChI is InChI=1S/C13H28N2O/c1-4-13(16)9-14-11(3)12-7-6-8-15(5-2)10-12/h11-14,16H,4-10H2,1-3H3. The molecule has 1 aliphatic heterocycles. The van der Waals surface area contributed by atoms with Gasteiger partial charge in [0.1, 0.15) is 0 Å². The van der Waals surface area contributed by atoms with Crippen LogP contribution in [0, 0.1) is 5.92 Å². The van der Waals surface area contributed by atoms with E-state index in [0.717, 1.165) is 18.9 Å². The predicted molar refractivity (Wildman–Crippen MR) is 68.6 cm³/mol. The minimum atomic E-state index is -0.187. The molecule has 3 nitrogen and oxygen atoms in total. The second-order valence-corrected chi connectivity index (χ2v) is 5.05. The minimum Gasteiger partial charge on any atom is -0.392 e. The number of nitrogens with zero attached hydrogens (tertiary/aromatic N) is 1. The van der Waals surface area contributed by atoms with Gasteiger partial charge in [-0.05, 0) is 45.2 Å². The van der Waals surface area contributed by atoms with Crippen molar-refractivity contribution in [3.8, 4) is 0 Å². The maximum Gasteiger partial charge on any atom is 0.0662 e. The lowest BCUT2D eigenvalue weighted by Gasteiger charge is -2.35. The highest BCUT2D eigenvalue weighted by Gasteiger charge is 2.23. The lowest BCUT2D eigenvalue weighted by molar-refractivity contribution is 0.133. The van der Waals surface area contributed by atoms with Crippen molar-refractivity contribution >= 4 is 0 Å². The van der Waals surface area contributed by atoms with E-state index in [0.29, 0.717) is 6.04 Å². The highest BCUT2D eigenvalue weighted by atomic mass is 16.3. The summed E-state index contributed by atoms with van der Waals surface area (Å²) in [5, 5.41) is 13.0. The highest BCUT2D eigenvalue weighted by molar-refractivity contribution is 4.80. The Bertz CT molecular complexity index is 187. The van der Waals surface area contributed by atoms with Crippen molar-refractivity contribution in [1.82, 2.24) is 10.2 Å². The summed E-state index contributed by atoms with van der Waals surface area (Å²) < 4.78 is 0. The number of nitrogens with one attached hydrogen (secondary N) is 1. The zero-order chi connectivity index (χ0) is 12.0. The van der Waals surface area contributed by atoms with Crippen LogP contribution in [0.5, 0.6) is 0 Å². The largest absolute Gasteiger partial charge is 0.392 e. The molecule has 1 saturated heterocycles. The molecule has 1 heterocycles. The van der Waals surface area contributed by atoms with Crippen LogP contribution in [0.1, 0.15) is 40.0 Å². The molecule has 0 aliphatic carbocycles. The fourth-order valence-corrected chi connectivity index (χ4v) is 2.42. The van der Waals surface area contributed by atoms with Crippen molar-refractivity contribution in [3.63, 3.8) is 0 Å². The summed E-state index contributed by atoms with van der Waals surface area (Å²) in [5.74, 6) is 0.748. The fraction of sp³-hybridized carbons (Fsp3) is 1.00. The molecule has 16 heavy (non-hydrogen) atoms. The second-order valence-electron chi connectivity index (χ2n) is 5.05. The summed E-state index contributed by atoms with van der Waals surface area (Å²) in [6.45, 7) is 10.9. The molecule has 3 unspecified atom stereocenters. The average molecular weight is 228 g/mol. The Balaban J connectivity index is 2.27. The van der Waals surface area contributed by atoms with E-state index in [1.54, 1.807) is 0 Å². The zero-order valence-electron chi connectivity index (χ0n) is 11.1. The summed E-state index contributed by atoms with van der Waals surface area (Å²) in [5.41, 5.74) is 0. The summed E-state index contributed by atoms with van der Waals surface area (Å²) in [7, 11) is 0. The first kappa shape index (κ1) is 13.9. The third-order valence-electron chi connectivity index (χ3n) is 3.84. The van der Waals surface area contributed by atoms with E-state index in [1.807, 2.05) is 6.92 Å². The smallest absolute Gasteiger partial charge is 0.0662 e. The fourth-order valence-electron chi connectivity index (χ4n) is 2.42. The topological polar surface area (TPSA) is 35.5 Å². The van der Waals surface area contributed by atoms with Gasteiger partial charge < -0.3 is 15.3 Å². The molecule has 0 radical (unpaired) electrons. The molecular formula is C13H28N2O. The van der Waals surface area contributed by atoms with Gasteiger partial charge in [0.25, 0.3) is 0 Å². The number of likely N-dealkylation sites (tertiary alicyclic amines) is 1. The van der Waals surface area contributed by atoms with Crippen LogP contribution in [-0.4, -0.2) is 48.3 Å². The number of aliphatic hydroxyl groups is 1. The van der Waals surface area contributed by atoms with Gasteiger partial charge >= 0.3 is 0 Å². The van der Waals surface area contributed by atoms with Crippen LogP contribution >= 0.6 is 0 Å². The van der Waals surface area contributed by atoms with Gasteiger partial charge in [0.15, 0.2) is 0 Å². The van der Waals surface area contributed by atoms with Crippen LogP contribution in [0.25, 0.3) is 0 Å². The third-order valence-corrected chi connectivity index (χ3v) is 3.84. The molecule has 3 atom stereocenters. The van der Waals surface area contributed by atoms with Gasteiger partial charge in [0.05, 0.1) is 6.10 Å². The summed E-state index contributed by atoms with van der Waals surface area (Å²) in [4.78, 5) is 2.53. The van der Waals surface area contributed by atoms with Crippen LogP contribution < -0.4 is 5.32 Å². The van der Waals surface area contributed by atoms with Gasteiger partial charge in [-0.2, -0.15) is 0 Å². The molecule has 2 N–H and O–H groups in total. The molecule has 3 heteroatoms. The van der Waals surface area contributed by atoms with Crippen LogP contribution in [-0.2, 0) is 0 Å². The van der Waals surface area contributed by atoms with Crippen LogP contribution in [0.4, 0.5) is 0 Å². The van der Waals surface area contributed by atoms with E-state index in [1.165, 1.54) is 32.5 Å². The Morgan fingerprint density at radius 1 is 1.44 bits per heavy atom. The van der Waals surface area contributed by atoms with E-state index in [2.05, 4.69) is 24.1 Å². The van der Waals surface area contributed by atoms with Crippen LogP contribution in [0.15, 0.2) is 0 Å². The van der Waals surface area contributed by atoms with Gasteiger partial charge in [0, 0.05) is 19.1 Å².